The van der Waals surface area contributed by atoms with Gasteiger partial charge in [-0.2, -0.15) is 0 Å². The zero-order chi connectivity index (χ0) is 18.2. The van der Waals surface area contributed by atoms with Gasteiger partial charge >= 0.3 is 0 Å². The van der Waals surface area contributed by atoms with Crippen molar-refractivity contribution in [2.45, 2.75) is 13.0 Å². The van der Waals surface area contributed by atoms with Crippen molar-refractivity contribution in [2.24, 2.45) is 0 Å². The van der Waals surface area contributed by atoms with Crippen LogP contribution in [-0.2, 0) is 6.54 Å². The van der Waals surface area contributed by atoms with E-state index in [1.165, 1.54) is 17.7 Å². The summed E-state index contributed by atoms with van der Waals surface area (Å²) in [7, 11) is 0. The van der Waals surface area contributed by atoms with E-state index in [1.807, 2.05) is 6.07 Å². The molecular weight excluding hydrogens is 329 g/mol. The molecule has 1 fully saturated rings. The standard InChI is InChI=1S/C21H26FN3O/c22-20-10-5-4-9-19(20)21(26)23-11-6-12-24-13-15-25(16-14-24)17-18-7-2-1-3-8-18/h1-5,7-10H,6,11-17H2,(H,23,26). The van der Waals surface area contributed by atoms with Crippen molar-refractivity contribution < 1.29 is 9.18 Å². The van der Waals surface area contributed by atoms with Crippen LogP contribution in [0.5, 0.6) is 0 Å². The molecule has 0 saturated carbocycles. The van der Waals surface area contributed by atoms with Crippen LogP contribution in [0.3, 0.4) is 0 Å². The Bertz CT molecular complexity index is 699. The molecule has 0 spiro atoms. The van der Waals surface area contributed by atoms with E-state index in [4.69, 9.17) is 0 Å². The van der Waals surface area contributed by atoms with Crippen molar-refractivity contribution in [3.05, 3.63) is 71.5 Å². The first kappa shape index (κ1) is 18.5. The maximum atomic E-state index is 13.6. The van der Waals surface area contributed by atoms with Gasteiger partial charge in [0.25, 0.3) is 5.91 Å². The molecule has 1 aliphatic heterocycles. The largest absolute Gasteiger partial charge is 0.352 e. The summed E-state index contributed by atoms with van der Waals surface area (Å²) >= 11 is 0. The van der Waals surface area contributed by atoms with E-state index in [-0.39, 0.29) is 11.5 Å². The summed E-state index contributed by atoms with van der Waals surface area (Å²) in [6.07, 6.45) is 0.874. The number of rotatable bonds is 7. The lowest BCUT2D eigenvalue weighted by Crippen LogP contribution is -2.46. The molecule has 0 radical (unpaired) electrons. The molecule has 4 nitrogen and oxygen atoms in total. The monoisotopic (exact) mass is 355 g/mol. The summed E-state index contributed by atoms with van der Waals surface area (Å²) in [5.74, 6) is -0.810. The summed E-state index contributed by atoms with van der Waals surface area (Å²) in [5.41, 5.74) is 1.47. The van der Waals surface area contributed by atoms with Crippen LogP contribution in [-0.4, -0.2) is 55.0 Å². The Labute approximate surface area is 154 Å². The van der Waals surface area contributed by atoms with Crippen LogP contribution < -0.4 is 5.32 Å². The minimum Gasteiger partial charge on any atom is -0.352 e. The average molecular weight is 355 g/mol. The molecule has 3 rings (SSSR count). The number of carbonyl (C=O) groups excluding carboxylic acids is 1. The number of nitrogens with zero attached hydrogens (tertiary/aromatic N) is 2. The molecule has 2 aromatic rings. The third-order valence-corrected chi connectivity index (χ3v) is 4.77. The summed E-state index contributed by atoms with van der Waals surface area (Å²) < 4.78 is 13.6. The highest BCUT2D eigenvalue weighted by Gasteiger charge is 2.16. The van der Waals surface area contributed by atoms with Crippen LogP contribution in [0.4, 0.5) is 4.39 Å². The molecule has 5 heteroatoms. The SMILES string of the molecule is O=C(NCCCN1CCN(Cc2ccccc2)CC1)c1ccccc1F. The van der Waals surface area contributed by atoms with Gasteiger partial charge in [0.15, 0.2) is 0 Å². The van der Waals surface area contributed by atoms with Gasteiger partial charge in [0.2, 0.25) is 0 Å². The van der Waals surface area contributed by atoms with E-state index in [1.54, 1.807) is 12.1 Å². The molecule has 0 bridgehead atoms. The number of piperazine rings is 1. The summed E-state index contributed by atoms with van der Waals surface area (Å²) in [4.78, 5) is 16.9. The van der Waals surface area contributed by atoms with Crippen LogP contribution >= 0.6 is 0 Å². The number of hydrogen-bond donors (Lipinski definition) is 1. The highest BCUT2D eigenvalue weighted by Crippen LogP contribution is 2.09. The lowest BCUT2D eigenvalue weighted by molar-refractivity contribution is 0.0943. The average Bonchev–Trinajstić information content (AvgIpc) is 2.67. The van der Waals surface area contributed by atoms with Gasteiger partial charge in [0, 0.05) is 39.3 Å². The van der Waals surface area contributed by atoms with Crippen LogP contribution in [0.1, 0.15) is 22.3 Å². The van der Waals surface area contributed by atoms with E-state index in [9.17, 15) is 9.18 Å². The van der Waals surface area contributed by atoms with Crippen LogP contribution in [0.2, 0.25) is 0 Å². The Kier molecular flexibility index (Phi) is 6.75. The number of nitrogens with one attached hydrogen (secondary N) is 1. The maximum absolute atomic E-state index is 13.6. The highest BCUT2D eigenvalue weighted by atomic mass is 19.1. The van der Waals surface area contributed by atoms with Crippen molar-refractivity contribution in [1.29, 1.82) is 0 Å². The fourth-order valence-corrected chi connectivity index (χ4v) is 3.26. The summed E-state index contributed by atoms with van der Waals surface area (Å²) in [5, 5.41) is 2.80. The van der Waals surface area contributed by atoms with Gasteiger partial charge in [0.1, 0.15) is 5.82 Å². The van der Waals surface area contributed by atoms with Crippen molar-refractivity contribution in [1.82, 2.24) is 15.1 Å². The number of carbonyl (C=O) groups is 1. The number of hydrogen-bond acceptors (Lipinski definition) is 3. The molecule has 1 aliphatic rings. The first-order chi connectivity index (χ1) is 12.7. The second-order valence-electron chi connectivity index (χ2n) is 6.69. The molecule has 26 heavy (non-hydrogen) atoms. The second-order valence-corrected chi connectivity index (χ2v) is 6.69. The quantitative estimate of drug-likeness (QED) is 0.776. The van der Waals surface area contributed by atoms with E-state index in [2.05, 4.69) is 39.4 Å². The van der Waals surface area contributed by atoms with Gasteiger partial charge in [-0.1, -0.05) is 42.5 Å². The third-order valence-electron chi connectivity index (χ3n) is 4.77. The van der Waals surface area contributed by atoms with E-state index < -0.39 is 5.82 Å². The van der Waals surface area contributed by atoms with Gasteiger partial charge in [-0.3, -0.25) is 9.69 Å². The van der Waals surface area contributed by atoms with Gasteiger partial charge in [-0.05, 0) is 30.7 Å². The van der Waals surface area contributed by atoms with Gasteiger partial charge in [-0.15, -0.1) is 0 Å². The van der Waals surface area contributed by atoms with Gasteiger partial charge in [-0.25, -0.2) is 4.39 Å². The number of amides is 1. The normalized spacial score (nSPS) is 15.7. The predicted octanol–water partition coefficient (Wildman–Crippen LogP) is 2.76. The smallest absolute Gasteiger partial charge is 0.254 e. The van der Waals surface area contributed by atoms with Crippen molar-refractivity contribution >= 4 is 5.91 Å². The Morgan fingerprint density at radius 2 is 1.58 bits per heavy atom. The van der Waals surface area contributed by atoms with Gasteiger partial charge in [0.05, 0.1) is 5.56 Å². The van der Waals surface area contributed by atoms with Crippen LogP contribution in [0, 0.1) is 5.82 Å². The Morgan fingerprint density at radius 3 is 2.31 bits per heavy atom. The van der Waals surface area contributed by atoms with E-state index in [0.29, 0.717) is 6.54 Å². The Balaban J connectivity index is 1.32. The van der Waals surface area contributed by atoms with Crippen LogP contribution in [0.25, 0.3) is 0 Å². The number of halogens is 1. The molecule has 0 aromatic heterocycles. The lowest BCUT2D eigenvalue weighted by Gasteiger charge is -2.34. The molecule has 1 amide bonds. The molecular formula is C21H26FN3O. The maximum Gasteiger partial charge on any atom is 0.254 e. The lowest BCUT2D eigenvalue weighted by atomic mass is 10.2. The topological polar surface area (TPSA) is 35.6 Å². The predicted molar refractivity (Wildman–Crippen MR) is 102 cm³/mol. The highest BCUT2D eigenvalue weighted by molar-refractivity contribution is 5.94. The molecule has 2 aromatic carbocycles. The minimum absolute atomic E-state index is 0.113. The van der Waals surface area contributed by atoms with E-state index in [0.717, 1.165) is 45.7 Å². The molecule has 0 unspecified atom stereocenters. The Morgan fingerprint density at radius 1 is 0.923 bits per heavy atom. The third kappa shape index (κ3) is 5.38. The van der Waals surface area contributed by atoms with Crippen molar-refractivity contribution in [2.75, 3.05) is 39.3 Å². The minimum atomic E-state index is -0.473. The van der Waals surface area contributed by atoms with Gasteiger partial charge < -0.3 is 10.2 Å². The molecule has 0 atom stereocenters. The Hall–Kier alpha value is -2.24. The van der Waals surface area contributed by atoms with Crippen molar-refractivity contribution in [3.8, 4) is 0 Å². The fourth-order valence-electron chi connectivity index (χ4n) is 3.26. The molecule has 1 N–H and O–H groups in total. The molecule has 0 aliphatic carbocycles. The number of benzene rings is 2. The zero-order valence-electron chi connectivity index (χ0n) is 15.0. The second kappa shape index (κ2) is 9.46. The first-order valence-electron chi connectivity index (χ1n) is 9.24. The molecule has 138 valence electrons. The summed E-state index contributed by atoms with van der Waals surface area (Å²) in [6.45, 7) is 6.76. The first-order valence-corrected chi connectivity index (χ1v) is 9.24. The van der Waals surface area contributed by atoms with Crippen LogP contribution in [0.15, 0.2) is 54.6 Å². The summed E-state index contributed by atoms with van der Waals surface area (Å²) in [6, 6.07) is 16.6. The van der Waals surface area contributed by atoms with Crippen molar-refractivity contribution in [3.63, 3.8) is 0 Å². The van der Waals surface area contributed by atoms with E-state index >= 15 is 0 Å². The fraction of sp³-hybridized carbons (Fsp3) is 0.381. The molecule has 1 saturated heterocycles. The zero-order valence-corrected chi connectivity index (χ0v) is 15.0. The molecule has 1 heterocycles.